The van der Waals surface area contributed by atoms with Crippen LogP contribution in [0.15, 0.2) is 28.9 Å². The van der Waals surface area contributed by atoms with Gasteiger partial charge in [0.25, 0.3) is 5.91 Å². The lowest BCUT2D eigenvalue weighted by Crippen LogP contribution is -2.46. The van der Waals surface area contributed by atoms with E-state index in [1.54, 1.807) is 6.92 Å². The zero-order valence-corrected chi connectivity index (χ0v) is 17.1. The van der Waals surface area contributed by atoms with E-state index in [0.29, 0.717) is 24.1 Å². The van der Waals surface area contributed by atoms with Gasteiger partial charge >= 0.3 is 5.97 Å². The Morgan fingerprint density at radius 2 is 2.11 bits per heavy atom. The minimum absolute atomic E-state index is 0.00237. The van der Waals surface area contributed by atoms with E-state index in [1.807, 2.05) is 25.1 Å². The number of ether oxygens (including phenoxy) is 1. The molecule has 8 heteroatoms. The van der Waals surface area contributed by atoms with Crippen LogP contribution in [0.1, 0.15) is 31.4 Å². The van der Waals surface area contributed by atoms with Crippen LogP contribution in [0.25, 0.3) is 11.0 Å². The van der Waals surface area contributed by atoms with Crippen molar-refractivity contribution in [1.82, 2.24) is 4.90 Å². The van der Waals surface area contributed by atoms with Crippen molar-refractivity contribution in [1.29, 1.82) is 0 Å². The molecule has 0 N–H and O–H groups in total. The van der Waals surface area contributed by atoms with Crippen molar-refractivity contribution in [2.45, 2.75) is 45.8 Å². The Labute approximate surface area is 164 Å². The van der Waals surface area contributed by atoms with E-state index in [4.69, 9.17) is 9.15 Å². The number of benzene rings is 1. The highest BCUT2D eigenvalue weighted by Gasteiger charge is 2.36. The summed E-state index contributed by atoms with van der Waals surface area (Å²) < 4.78 is 34.2. The zero-order chi connectivity index (χ0) is 20.5. The summed E-state index contributed by atoms with van der Waals surface area (Å²) in [7, 11) is -3.10. The summed E-state index contributed by atoms with van der Waals surface area (Å²) >= 11 is 0. The van der Waals surface area contributed by atoms with Gasteiger partial charge in [-0.15, -0.1) is 0 Å². The van der Waals surface area contributed by atoms with Gasteiger partial charge in [-0.1, -0.05) is 12.1 Å². The van der Waals surface area contributed by atoms with Crippen LogP contribution in [-0.4, -0.2) is 55.4 Å². The fraction of sp³-hybridized carbons (Fsp3) is 0.500. The summed E-state index contributed by atoms with van der Waals surface area (Å²) in [5.74, 6) is -0.846. The molecule has 1 amide bonds. The molecule has 1 aliphatic heterocycles. The van der Waals surface area contributed by atoms with E-state index in [2.05, 4.69) is 0 Å². The van der Waals surface area contributed by atoms with Crippen molar-refractivity contribution in [2.75, 3.05) is 18.1 Å². The summed E-state index contributed by atoms with van der Waals surface area (Å²) in [5, 5.41) is 0.841. The number of sulfone groups is 1. The molecule has 152 valence electrons. The minimum atomic E-state index is -3.10. The predicted molar refractivity (Wildman–Crippen MR) is 105 cm³/mol. The topological polar surface area (TPSA) is 93.9 Å². The maximum atomic E-state index is 12.7. The number of carbonyl (C=O) groups is 2. The molecule has 2 atom stereocenters. The van der Waals surface area contributed by atoms with Crippen LogP contribution in [0.5, 0.6) is 0 Å². The Morgan fingerprint density at radius 1 is 1.36 bits per heavy atom. The Bertz CT molecular complexity index is 993. The lowest BCUT2D eigenvalue weighted by molar-refractivity contribution is -0.159. The smallest absolute Gasteiger partial charge is 0.311 e. The average molecular weight is 407 g/mol. The molecule has 3 rings (SSSR count). The first-order chi connectivity index (χ1) is 13.2. The molecule has 0 saturated carbocycles. The van der Waals surface area contributed by atoms with Crippen LogP contribution >= 0.6 is 0 Å². The normalized spacial score (nSPS) is 19.5. The molecule has 0 aliphatic carbocycles. The summed E-state index contributed by atoms with van der Waals surface area (Å²) in [4.78, 5) is 26.5. The first-order valence-electron chi connectivity index (χ1n) is 9.37. The van der Waals surface area contributed by atoms with Gasteiger partial charge < -0.3 is 14.1 Å². The van der Waals surface area contributed by atoms with Crippen molar-refractivity contribution in [2.24, 2.45) is 0 Å². The second-order valence-electron chi connectivity index (χ2n) is 7.25. The number of rotatable bonds is 6. The van der Waals surface area contributed by atoms with Crippen LogP contribution in [0.4, 0.5) is 0 Å². The van der Waals surface area contributed by atoms with Gasteiger partial charge in [0.1, 0.15) is 5.58 Å². The van der Waals surface area contributed by atoms with Gasteiger partial charge in [0.15, 0.2) is 15.9 Å². The molecular weight excluding hydrogens is 382 g/mol. The third kappa shape index (κ3) is 4.38. The number of fused-ring (bicyclic) bond motifs is 1. The van der Waals surface area contributed by atoms with E-state index in [0.717, 1.165) is 10.9 Å². The summed E-state index contributed by atoms with van der Waals surface area (Å²) in [6, 6.07) is 5.37. The number of hydrogen-bond donors (Lipinski definition) is 0. The van der Waals surface area contributed by atoms with Crippen molar-refractivity contribution < 1.29 is 27.2 Å². The average Bonchev–Trinajstić information content (AvgIpc) is 3.18. The SMILES string of the molecule is CCN(C(=O)[C@H](C)OC(=O)Cc1coc2cc(C)ccc12)[C@@H]1CCS(=O)(=O)C1. The number of nitrogens with zero attached hydrogens (tertiary/aromatic N) is 1. The molecule has 0 bridgehead atoms. The van der Waals surface area contributed by atoms with Gasteiger partial charge in [0, 0.05) is 23.5 Å². The highest BCUT2D eigenvalue weighted by atomic mass is 32.2. The number of amides is 1. The molecule has 1 aromatic heterocycles. The van der Waals surface area contributed by atoms with Crippen LogP contribution < -0.4 is 0 Å². The summed E-state index contributed by atoms with van der Waals surface area (Å²) in [6.07, 6.45) is 0.969. The largest absolute Gasteiger partial charge is 0.464 e. The third-order valence-corrected chi connectivity index (χ3v) is 6.83. The van der Waals surface area contributed by atoms with E-state index in [1.165, 1.54) is 18.1 Å². The highest BCUT2D eigenvalue weighted by Crippen LogP contribution is 2.23. The van der Waals surface area contributed by atoms with Gasteiger partial charge in [0.05, 0.1) is 24.2 Å². The molecule has 0 spiro atoms. The van der Waals surface area contributed by atoms with Gasteiger partial charge in [0.2, 0.25) is 0 Å². The number of esters is 1. The molecule has 0 radical (unpaired) electrons. The maximum absolute atomic E-state index is 12.7. The summed E-state index contributed by atoms with van der Waals surface area (Å²) in [5.41, 5.74) is 2.46. The van der Waals surface area contributed by atoms with E-state index in [9.17, 15) is 18.0 Å². The number of hydrogen-bond acceptors (Lipinski definition) is 6. The van der Waals surface area contributed by atoms with Crippen LogP contribution in [0.3, 0.4) is 0 Å². The molecule has 1 aliphatic rings. The van der Waals surface area contributed by atoms with Gasteiger partial charge in [-0.25, -0.2) is 8.42 Å². The molecular formula is C20H25NO6S. The van der Waals surface area contributed by atoms with Crippen LogP contribution in [0.2, 0.25) is 0 Å². The Kier molecular flexibility index (Phi) is 5.79. The minimum Gasteiger partial charge on any atom is -0.464 e. The second-order valence-corrected chi connectivity index (χ2v) is 9.48. The first kappa shape index (κ1) is 20.4. The molecule has 28 heavy (non-hydrogen) atoms. The van der Waals surface area contributed by atoms with Crippen LogP contribution in [0, 0.1) is 6.92 Å². The van der Waals surface area contributed by atoms with Gasteiger partial charge in [-0.2, -0.15) is 0 Å². The fourth-order valence-corrected chi connectivity index (χ4v) is 5.35. The fourth-order valence-electron chi connectivity index (χ4n) is 3.62. The molecule has 0 unspecified atom stereocenters. The second kappa shape index (κ2) is 7.95. The molecule has 1 aromatic carbocycles. The quantitative estimate of drug-likeness (QED) is 0.682. The zero-order valence-electron chi connectivity index (χ0n) is 16.3. The maximum Gasteiger partial charge on any atom is 0.311 e. The van der Waals surface area contributed by atoms with Crippen LogP contribution in [-0.2, 0) is 30.6 Å². The van der Waals surface area contributed by atoms with Crippen molar-refractivity contribution in [3.8, 4) is 0 Å². The number of carbonyl (C=O) groups excluding carboxylic acids is 2. The van der Waals surface area contributed by atoms with E-state index < -0.39 is 21.9 Å². The Balaban J connectivity index is 1.63. The summed E-state index contributed by atoms with van der Waals surface area (Å²) in [6.45, 7) is 5.63. The van der Waals surface area contributed by atoms with E-state index in [-0.39, 0.29) is 29.9 Å². The van der Waals surface area contributed by atoms with Crippen molar-refractivity contribution in [3.05, 3.63) is 35.6 Å². The lowest BCUT2D eigenvalue weighted by Gasteiger charge is -2.29. The van der Waals surface area contributed by atoms with Gasteiger partial charge in [-0.3, -0.25) is 9.59 Å². The van der Waals surface area contributed by atoms with Crippen molar-refractivity contribution in [3.63, 3.8) is 0 Å². The Morgan fingerprint density at radius 3 is 2.75 bits per heavy atom. The molecule has 1 fully saturated rings. The molecule has 2 heterocycles. The predicted octanol–water partition coefficient (Wildman–Crippen LogP) is 2.25. The number of likely N-dealkylation sites (N-methyl/N-ethyl adjacent to an activating group) is 1. The molecule has 2 aromatic rings. The standard InChI is InChI=1S/C20H25NO6S/c1-4-21(16-7-8-28(24,25)12-16)20(23)14(3)27-19(22)10-15-11-26-18-9-13(2)5-6-17(15)18/h5-6,9,11,14,16H,4,7-8,10,12H2,1-3H3/t14-,16+/m0/s1. The Hall–Kier alpha value is -2.35. The third-order valence-electron chi connectivity index (χ3n) is 5.07. The number of furan rings is 1. The highest BCUT2D eigenvalue weighted by molar-refractivity contribution is 7.91. The monoisotopic (exact) mass is 407 g/mol. The number of aryl methyl sites for hydroxylation is 1. The molecule has 1 saturated heterocycles. The lowest BCUT2D eigenvalue weighted by atomic mass is 10.1. The molecule has 7 nitrogen and oxygen atoms in total. The van der Waals surface area contributed by atoms with E-state index >= 15 is 0 Å². The first-order valence-corrected chi connectivity index (χ1v) is 11.2. The van der Waals surface area contributed by atoms with Crippen molar-refractivity contribution >= 4 is 32.7 Å². The van der Waals surface area contributed by atoms with Gasteiger partial charge in [-0.05, 0) is 38.8 Å².